The minimum atomic E-state index is 0.290. The van der Waals surface area contributed by atoms with Crippen molar-refractivity contribution in [2.45, 2.75) is 32.6 Å². The van der Waals surface area contributed by atoms with E-state index >= 15 is 0 Å². The molecule has 1 heterocycles. The molecule has 0 amide bonds. The second-order valence-electron chi connectivity index (χ2n) is 5.22. The second-order valence-corrected chi connectivity index (χ2v) is 5.22. The predicted octanol–water partition coefficient (Wildman–Crippen LogP) is 2.11. The summed E-state index contributed by atoms with van der Waals surface area (Å²) in [6, 6.07) is 1.89. The SMILES string of the molecule is CCCNc1cc(NCCCOCC2CC2)nc(N)n1. The second kappa shape index (κ2) is 7.89. The molecule has 112 valence electrons. The number of rotatable bonds is 10. The largest absolute Gasteiger partial charge is 0.381 e. The van der Waals surface area contributed by atoms with E-state index in [4.69, 9.17) is 10.5 Å². The van der Waals surface area contributed by atoms with Gasteiger partial charge in [-0.3, -0.25) is 0 Å². The van der Waals surface area contributed by atoms with E-state index in [1.54, 1.807) is 0 Å². The Balaban J connectivity index is 1.66. The number of hydrogen-bond donors (Lipinski definition) is 3. The first-order valence-electron chi connectivity index (χ1n) is 7.48. The van der Waals surface area contributed by atoms with Gasteiger partial charge in [-0.1, -0.05) is 6.92 Å². The number of ether oxygens (including phenoxy) is 1. The van der Waals surface area contributed by atoms with Gasteiger partial charge >= 0.3 is 0 Å². The van der Waals surface area contributed by atoms with E-state index in [1.165, 1.54) is 12.8 Å². The van der Waals surface area contributed by atoms with Crippen molar-refractivity contribution < 1.29 is 4.74 Å². The lowest BCUT2D eigenvalue weighted by atomic mass is 10.4. The van der Waals surface area contributed by atoms with Gasteiger partial charge in [0, 0.05) is 32.4 Å². The lowest BCUT2D eigenvalue weighted by Gasteiger charge is -2.09. The molecule has 1 aliphatic rings. The molecule has 6 nitrogen and oxygen atoms in total. The van der Waals surface area contributed by atoms with Crippen LogP contribution in [0.25, 0.3) is 0 Å². The Hall–Kier alpha value is -1.56. The van der Waals surface area contributed by atoms with E-state index in [-0.39, 0.29) is 0 Å². The van der Waals surface area contributed by atoms with Crippen LogP contribution in [-0.4, -0.2) is 36.3 Å². The van der Waals surface area contributed by atoms with Gasteiger partial charge in [0.1, 0.15) is 11.6 Å². The summed E-state index contributed by atoms with van der Waals surface area (Å²) in [4.78, 5) is 8.32. The number of anilines is 3. The summed E-state index contributed by atoms with van der Waals surface area (Å²) in [5.74, 6) is 2.65. The Morgan fingerprint density at radius 1 is 1.25 bits per heavy atom. The van der Waals surface area contributed by atoms with Crippen LogP contribution in [0, 0.1) is 5.92 Å². The maximum atomic E-state index is 5.70. The summed E-state index contributed by atoms with van der Waals surface area (Å²) >= 11 is 0. The Morgan fingerprint density at radius 2 is 1.95 bits per heavy atom. The van der Waals surface area contributed by atoms with Gasteiger partial charge < -0.3 is 21.1 Å². The summed E-state index contributed by atoms with van der Waals surface area (Å²) in [6.45, 7) is 5.54. The molecule has 1 fully saturated rings. The minimum absolute atomic E-state index is 0.290. The van der Waals surface area contributed by atoms with E-state index in [0.29, 0.717) is 5.95 Å². The van der Waals surface area contributed by atoms with Crippen molar-refractivity contribution in [3.8, 4) is 0 Å². The smallest absolute Gasteiger partial charge is 0.223 e. The fourth-order valence-electron chi connectivity index (χ4n) is 1.83. The van der Waals surface area contributed by atoms with Crippen molar-refractivity contribution in [2.24, 2.45) is 5.92 Å². The average molecular weight is 279 g/mol. The molecule has 2 rings (SSSR count). The zero-order valence-electron chi connectivity index (χ0n) is 12.2. The molecule has 20 heavy (non-hydrogen) atoms. The topological polar surface area (TPSA) is 85.1 Å². The van der Waals surface area contributed by atoms with Crippen LogP contribution in [0.5, 0.6) is 0 Å². The van der Waals surface area contributed by atoms with E-state index in [2.05, 4.69) is 27.5 Å². The van der Waals surface area contributed by atoms with Crippen LogP contribution in [0.4, 0.5) is 17.6 Å². The van der Waals surface area contributed by atoms with Crippen LogP contribution in [0.1, 0.15) is 32.6 Å². The highest BCUT2D eigenvalue weighted by molar-refractivity contribution is 5.50. The van der Waals surface area contributed by atoms with E-state index < -0.39 is 0 Å². The standard InChI is InChI=1S/C14H25N5O/c1-2-6-16-12-9-13(19-14(15)18-12)17-7-3-8-20-10-11-4-5-11/h9,11H,2-8,10H2,1H3,(H4,15,16,17,18,19). The van der Waals surface area contributed by atoms with E-state index in [0.717, 1.165) is 56.7 Å². The maximum Gasteiger partial charge on any atom is 0.223 e. The minimum Gasteiger partial charge on any atom is -0.381 e. The van der Waals surface area contributed by atoms with Crippen LogP contribution in [-0.2, 0) is 4.74 Å². The first-order valence-corrected chi connectivity index (χ1v) is 7.48. The van der Waals surface area contributed by atoms with Crippen molar-refractivity contribution >= 4 is 17.6 Å². The zero-order valence-corrected chi connectivity index (χ0v) is 12.2. The Morgan fingerprint density at radius 3 is 2.60 bits per heavy atom. The monoisotopic (exact) mass is 279 g/mol. The van der Waals surface area contributed by atoms with Crippen molar-refractivity contribution in [3.63, 3.8) is 0 Å². The van der Waals surface area contributed by atoms with Crippen molar-refractivity contribution in [2.75, 3.05) is 42.7 Å². The lowest BCUT2D eigenvalue weighted by Crippen LogP contribution is -2.11. The summed E-state index contributed by atoms with van der Waals surface area (Å²) in [5.41, 5.74) is 5.70. The fourth-order valence-corrected chi connectivity index (χ4v) is 1.83. The van der Waals surface area contributed by atoms with Crippen molar-refractivity contribution in [1.82, 2.24) is 9.97 Å². The summed E-state index contributed by atoms with van der Waals surface area (Å²) in [5, 5.41) is 6.46. The quantitative estimate of drug-likeness (QED) is 0.569. The first kappa shape index (κ1) is 14.8. The van der Waals surface area contributed by atoms with Gasteiger partial charge in [-0.2, -0.15) is 9.97 Å². The molecule has 0 radical (unpaired) electrons. The molecule has 0 unspecified atom stereocenters. The van der Waals surface area contributed by atoms with Crippen LogP contribution in [0.2, 0.25) is 0 Å². The number of nitrogens with one attached hydrogen (secondary N) is 2. The van der Waals surface area contributed by atoms with Gasteiger partial charge in [0.25, 0.3) is 0 Å². The Labute approximate surface area is 120 Å². The van der Waals surface area contributed by atoms with Crippen LogP contribution in [0.3, 0.4) is 0 Å². The number of nitrogens with two attached hydrogens (primary N) is 1. The third-order valence-corrected chi connectivity index (χ3v) is 3.12. The van der Waals surface area contributed by atoms with Gasteiger partial charge in [0.15, 0.2) is 0 Å². The summed E-state index contributed by atoms with van der Waals surface area (Å²) in [6.07, 6.45) is 4.69. The van der Waals surface area contributed by atoms with E-state index in [9.17, 15) is 0 Å². The molecule has 1 aromatic heterocycles. The summed E-state index contributed by atoms with van der Waals surface area (Å²) in [7, 11) is 0. The molecule has 4 N–H and O–H groups in total. The molecule has 0 aliphatic heterocycles. The Kier molecular flexibility index (Phi) is 5.86. The molecule has 0 saturated heterocycles. The van der Waals surface area contributed by atoms with Gasteiger partial charge in [-0.25, -0.2) is 0 Å². The number of aromatic nitrogens is 2. The highest BCUT2D eigenvalue weighted by atomic mass is 16.5. The van der Waals surface area contributed by atoms with Gasteiger partial charge in [0.2, 0.25) is 5.95 Å². The zero-order chi connectivity index (χ0) is 14.2. The van der Waals surface area contributed by atoms with Crippen LogP contribution >= 0.6 is 0 Å². The number of nitrogen functional groups attached to an aromatic ring is 1. The maximum absolute atomic E-state index is 5.70. The number of nitrogens with zero attached hydrogens (tertiary/aromatic N) is 2. The molecule has 0 atom stereocenters. The molecule has 6 heteroatoms. The molecular formula is C14H25N5O. The highest BCUT2D eigenvalue weighted by Gasteiger charge is 2.20. The Bertz CT molecular complexity index is 409. The molecule has 0 bridgehead atoms. The third-order valence-electron chi connectivity index (χ3n) is 3.12. The molecule has 1 aliphatic carbocycles. The summed E-state index contributed by atoms with van der Waals surface area (Å²) < 4.78 is 5.59. The van der Waals surface area contributed by atoms with Gasteiger partial charge in [-0.05, 0) is 31.6 Å². The molecule has 1 saturated carbocycles. The molecular weight excluding hydrogens is 254 g/mol. The lowest BCUT2D eigenvalue weighted by molar-refractivity contribution is 0.124. The van der Waals surface area contributed by atoms with Crippen LogP contribution < -0.4 is 16.4 Å². The average Bonchev–Trinajstić information content (AvgIpc) is 3.24. The molecule has 1 aromatic rings. The van der Waals surface area contributed by atoms with Crippen molar-refractivity contribution in [1.29, 1.82) is 0 Å². The molecule has 0 aromatic carbocycles. The fraction of sp³-hybridized carbons (Fsp3) is 0.714. The van der Waals surface area contributed by atoms with Crippen molar-refractivity contribution in [3.05, 3.63) is 6.07 Å². The highest BCUT2D eigenvalue weighted by Crippen LogP contribution is 2.28. The van der Waals surface area contributed by atoms with Gasteiger partial charge in [0.05, 0.1) is 0 Å². The van der Waals surface area contributed by atoms with Crippen LogP contribution in [0.15, 0.2) is 6.07 Å². The normalized spacial score (nSPS) is 14.2. The molecule has 0 spiro atoms. The van der Waals surface area contributed by atoms with E-state index in [1.807, 2.05) is 6.07 Å². The predicted molar refractivity (Wildman–Crippen MR) is 81.9 cm³/mol. The first-order chi connectivity index (χ1) is 9.78. The number of hydrogen-bond acceptors (Lipinski definition) is 6. The third kappa shape index (κ3) is 5.61. The van der Waals surface area contributed by atoms with Gasteiger partial charge in [-0.15, -0.1) is 0 Å².